The van der Waals surface area contributed by atoms with E-state index in [-0.39, 0.29) is 0 Å². The number of fused-ring (bicyclic) bond motifs is 12. The molecule has 0 amide bonds. The van der Waals surface area contributed by atoms with Crippen molar-refractivity contribution in [2.24, 2.45) is 0 Å². The van der Waals surface area contributed by atoms with Crippen LogP contribution in [-0.2, 0) is 0 Å². The molecular weight excluding hydrogens is 1510 g/mol. The second kappa shape index (κ2) is 30.8. The monoisotopic (exact) mass is 1580 g/mol. The molecule has 0 radical (unpaired) electrons. The number of aromatic nitrogens is 8. The Labute approximate surface area is 713 Å². The van der Waals surface area contributed by atoms with Crippen LogP contribution in [0.15, 0.2) is 446 Å². The highest BCUT2D eigenvalue weighted by Gasteiger charge is 2.22. The third-order valence-electron chi connectivity index (χ3n) is 23.8. The molecule has 10 heteroatoms. The molecule has 0 unspecified atom stereocenters. The molecule has 0 spiro atoms. The minimum Gasteiger partial charge on any atom is -0.456 e. The maximum atomic E-state index is 6.64. The summed E-state index contributed by atoms with van der Waals surface area (Å²) in [4.78, 5) is 30.4. The van der Waals surface area contributed by atoms with Crippen molar-refractivity contribution in [2.45, 2.75) is 0 Å². The van der Waals surface area contributed by atoms with Crippen LogP contribution in [-0.4, -0.2) is 39.0 Å². The molecule has 24 rings (SSSR count). The van der Waals surface area contributed by atoms with Crippen LogP contribution in [0.4, 0.5) is 0 Å². The van der Waals surface area contributed by atoms with Crippen LogP contribution in [0.25, 0.3) is 234 Å². The molecular formula is C114H72N8O2. The van der Waals surface area contributed by atoms with E-state index in [9.17, 15) is 0 Å². The van der Waals surface area contributed by atoms with Crippen molar-refractivity contribution in [1.82, 2.24) is 39.0 Å². The van der Waals surface area contributed by atoms with Gasteiger partial charge in [-0.05, 0) is 146 Å². The lowest BCUT2D eigenvalue weighted by Gasteiger charge is -2.11. The van der Waals surface area contributed by atoms with E-state index in [1.54, 1.807) is 0 Å². The predicted molar refractivity (Wildman–Crippen MR) is 508 cm³/mol. The van der Waals surface area contributed by atoms with Gasteiger partial charge in [-0.3, -0.25) is 0 Å². The molecule has 0 N–H and O–H groups in total. The summed E-state index contributed by atoms with van der Waals surface area (Å²) < 4.78 is 17.9. The minimum atomic E-state index is 0.612. The molecule has 18 aromatic carbocycles. The Hall–Kier alpha value is -16.8. The minimum absolute atomic E-state index is 0.612. The maximum Gasteiger partial charge on any atom is 0.164 e. The number of hydrogen-bond acceptors (Lipinski definition) is 8. The Balaban J connectivity index is 0.000000143. The van der Waals surface area contributed by atoms with Gasteiger partial charge < -0.3 is 18.0 Å². The largest absolute Gasteiger partial charge is 0.456 e. The third kappa shape index (κ3) is 13.5. The fourth-order valence-electron chi connectivity index (χ4n) is 17.5. The van der Waals surface area contributed by atoms with E-state index in [2.05, 4.69) is 422 Å². The zero-order valence-electron chi connectivity index (χ0n) is 67.0. The smallest absolute Gasteiger partial charge is 0.164 e. The normalized spacial score (nSPS) is 11.5. The second-order valence-corrected chi connectivity index (χ2v) is 31.3. The maximum absolute atomic E-state index is 6.64. The first kappa shape index (κ1) is 72.4. The summed E-state index contributed by atoms with van der Waals surface area (Å²) in [5.74, 6) is 3.71. The summed E-state index contributed by atoms with van der Waals surface area (Å²) in [5, 5.41) is 9.26. The van der Waals surface area contributed by atoms with Gasteiger partial charge in [0.05, 0.1) is 22.1 Å². The van der Waals surface area contributed by atoms with Gasteiger partial charge in [0.1, 0.15) is 22.3 Å². The number of benzene rings is 18. The van der Waals surface area contributed by atoms with Crippen molar-refractivity contribution < 1.29 is 8.83 Å². The van der Waals surface area contributed by atoms with E-state index in [1.165, 1.54) is 43.7 Å². The molecule has 0 atom stereocenters. The van der Waals surface area contributed by atoms with Gasteiger partial charge in [-0.15, -0.1) is 0 Å². The molecule has 0 saturated carbocycles. The molecule has 0 bridgehead atoms. The molecule has 0 aliphatic carbocycles. The molecule has 0 aliphatic heterocycles. The molecule has 0 saturated heterocycles. The first-order valence-electron chi connectivity index (χ1n) is 41.7. The van der Waals surface area contributed by atoms with Crippen molar-refractivity contribution in [3.63, 3.8) is 0 Å². The fourth-order valence-corrected chi connectivity index (χ4v) is 17.5. The topological polar surface area (TPSA) is 113 Å². The van der Waals surface area contributed by atoms with E-state index >= 15 is 0 Å². The number of rotatable bonds is 14. The molecule has 6 heterocycles. The van der Waals surface area contributed by atoms with Crippen molar-refractivity contribution in [2.75, 3.05) is 0 Å². The lowest BCUT2D eigenvalue weighted by Crippen LogP contribution is -2.00. The number of hydrogen-bond donors (Lipinski definition) is 0. The first-order chi connectivity index (χ1) is 61.4. The lowest BCUT2D eigenvalue weighted by atomic mass is 10.0. The van der Waals surface area contributed by atoms with Gasteiger partial charge in [0.2, 0.25) is 0 Å². The molecule has 0 fully saturated rings. The van der Waals surface area contributed by atoms with E-state index in [0.717, 1.165) is 155 Å². The average Bonchev–Trinajstić information content (AvgIpc) is 1.57. The summed E-state index contributed by atoms with van der Waals surface area (Å²) in [5.41, 5.74) is 29.2. The lowest BCUT2D eigenvalue weighted by molar-refractivity contribution is 0.669. The fraction of sp³-hybridized carbons (Fsp3) is 0. The van der Waals surface area contributed by atoms with Crippen molar-refractivity contribution in [3.05, 3.63) is 437 Å². The van der Waals surface area contributed by atoms with Crippen molar-refractivity contribution >= 4 is 87.5 Å². The Bertz CT molecular complexity index is 8040. The van der Waals surface area contributed by atoms with Gasteiger partial charge in [0.15, 0.2) is 34.9 Å². The van der Waals surface area contributed by atoms with Crippen LogP contribution in [0, 0.1) is 0 Å². The molecule has 580 valence electrons. The van der Waals surface area contributed by atoms with Gasteiger partial charge in [0, 0.05) is 100.0 Å². The summed E-state index contributed by atoms with van der Waals surface area (Å²) in [6.45, 7) is 0. The highest BCUT2D eigenvalue weighted by Crippen LogP contribution is 2.44. The van der Waals surface area contributed by atoms with Gasteiger partial charge >= 0.3 is 0 Å². The molecule has 124 heavy (non-hydrogen) atoms. The highest BCUT2D eigenvalue weighted by molar-refractivity contribution is 6.19. The quantitative estimate of drug-likeness (QED) is 0.106. The van der Waals surface area contributed by atoms with Gasteiger partial charge in [-0.1, -0.05) is 346 Å². The van der Waals surface area contributed by atoms with Gasteiger partial charge in [0.25, 0.3) is 0 Å². The molecule has 6 aromatic heterocycles. The standard InChI is InChI=1S/2C57H36N4O/c1-4-13-37(14-5-1)39-23-27-41(28-24-39)55-58-56(60-57(59-55)45-18-12-17-43(33-45)38-15-6-2-7-16-38)42-29-25-40(26-30-42)44-31-32-48-50-35-49-47-21-10-11-22-51(47)61(46-19-8-3-9-20-46)52(49)36-54(50)62-53(48)34-44;1-4-12-37(13-5-1)39-20-26-42(27-21-39)55-58-56(43-28-22-40(23-29-43)38-14-6-2-7-15-38)60-57(59-55)44-30-24-41(25-31-44)45-32-33-48-50-35-49-47-18-10-11-19-51(47)61(46-16-8-3-9-17-46)52(49)36-54(50)62-53(48)34-45/h2*1-36H. The first-order valence-corrected chi connectivity index (χ1v) is 41.7. The van der Waals surface area contributed by atoms with Crippen LogP contribution in [0.1, 0.15) is 0 Å². The summed E-state index contributed by atoms with van der Waals surface area (Å²) in [6.07, 6.45) is 0. The van der Waals surface area contributed by atoms with Crippen LogP contribution in [0.5, 0.6) is 0 Å². The predicted octanol–water partition coefficient (Wildman–Crippen LogP) is 29.7. The van der Waals surface area contributed by atoms with E-state index < -0.39 is 0 Å². The van der Waals surface area contributed by atoms with Crippen LogP contribution in [0.2, 0.25) is 0 Å². The second-order valence-electron chi connectivity index (χ2n) is 31.3. The molecule has 0 aliphatic rings. The van der Waals surface area contributed by atoms with Crippen molar-refractivity contribution in [3.8, 4) is 146 Å². The number of nitrogens with zero attached hydrogens (tertiary/aromatic N) is 8. The van der Waals surface area contributed by atoms with Crippen molar-refractivity contribution in [1.29, 1.82) is 0 Å². The van der Waals surface area contributed by atoms with Gasteiger partial charge in [-0.2, -0.15) is 0 Å². The van der Waals surface area contributed by atoms with Crippen LogP contribution < -0.4 is 0 Å². The average molecular weight is 1590 g/mol. The summed E-state index contributed by atoms with van der Waals surface area (Å²) in [7, 11) is 0. The highest BCUT2D eigenvalue weighted by atomic mass is 16.3. The zero-order chi connectivity index (χ0) is 82.0. The Morgan fingerprint density at radius 3 is 0.710 bits per heavy atom. The molecule has 24 aromatic rings. The number of furan rings is 2. The Morgan fingerprint density at radius 1 is 0.137 bits per heavy atom. The number of para-hydroxylation sites is 4. The molecule has 10 nitrogen and oxygen atoms in total. The van der Waals surface area contributed by atoms with Crippen LogP contribution >= 0.6 is 0 Å². The zero-order valence-corrected chi connectivity index (χ0v) is 67.0. The van der Waals surface area contributed by atoms with E-state index in [0.29, 0.717) is 34.9 Å². The summed E-state index contributed by atoms with van der Waals surface area (Å²) in [6, 6.07) is 152. The summed E-state index contributed by atoms with van der Waals surface area (Å²) >= 11 is 0. The van der Waals surface area contributed by atoms with Crippen LogP contribution in [0.3, 0.4) is 0 Å². The SMILES string of the molecule is c1ccc(-c2ccc(-c3nc(-c4ccc(-c5ccc6c(c5)oc5cc7c(cc56)c5ccccc5n7-c5ccccc5)cc4)nc(-c4cccc(-c5ccccc5)c4)n3)cc2)cc1.c1ccc(-c2ccc(-c3nc(-c4ccc(-c5ccccc5)cc4)nc(-c4ccc(-c5ccc6c(c5)oc5cc7c(cc56)c5ccccc5n7-c5ccccc5)cc4)n3)cc2)cc1. The third-order valence-corrected chi connectivity index (χ3v) is 23.8. The Kier molecular flexibility index (Phi) is 18.0. The van der Waals surface area contributed by atoms with E-state index in [1.807, 2.05) is 24.3 Å². The Morgan fingerprint density at radius 2 is 0.371 bits per heavy atom. The van der Waals surface area contributed by atoms with Gasteiger partial charge in [-0.25, -0.2) is 29.9 Å². The van der Waals surface area contributed by atoms with E-state index in [4.69, 9.17) is 38.7 Å².